The quantitative estimate of drug-likeness (QED) is 0.169. The van der Waals surface area contributed by atoms with Gasteiger partial charge in [0.05, 0.1) is 20.0 Å². The number of amides is 2. The summed E-state index contributed by atoms with van der Waals surface area (Å²) in [5.74, 6) is -2.60. The molecule has 40 heavy (non-hydrogen) atoms. The molecule has 1 unspecified atom stereocenters. The second kappa shape index (κ2) is 13.3. The van der Waals surface area contributed by atoms with Crippen LogP contribution in [0.1, 0.15) is 41.5 Å². The van der Waals surface area contributed by atoms with E-state index in [1.807, 2.05) is 0 Å². The highest BCUT2D eigenvalue weighted by atomic mass is 31.2. The average molecular weight is 586 g/mol. The van der Waals surface area contributed by atoms with Crippen molar-refractivity contribution in [3.8, 4) is 0 Å². The summed E-state index contributed by atoms with van der Waals surface area (Å²) in [5.41, 5.74) is -1.34. The van der Waals surface area contributed by atoms with Gasteiger partial charge in [0.15, 0.2) is 17.0 Å². The highest BCUT2D eigenvalue weighted by Gasteiger charge is 2.42. The van der Waals surface area contributed by atoms with Crippen LogP contribution in [-0.4, -0.2) is 82.7 Å². The summed E-state index contributed by atoms with van der Waals surface area (Å²) in [4.78, 5) is 51.4. The van der Waals surface area contributed by atoms with Crippen LogP contribution in [0.15, 0.2) is 24.8 Å². The molecule has 2 rings (SSSR count). The zero-order valence-electron chi connectivity index (χ0n) is 24.1. The number of imidazole rings is 1. The highest BCUT2D eigenvalue weighted by Crippen LogP contribution is 2.52. The first kappa shape index (κ1) is 32.8. The van der Waals surface area contributed by atoms with Crippen LogP contribution >= 0.6 is 7.60 Å². The Labute approximate surface area is 232 Å². The van der Waals surface area contributed by atoms with E-state index in [1.165, 1.54) is 12.7 Å². The standard InChI is InChI=1S/C24H36N5O10P/c1-23(2,3)38-21(31)29(22(32)39-24(4,5)6)18-16-17(25-14-26-18)28(15-27-16)12-10-11-13-37-20(19(30)34-7)40(33,35-8)36-9/h10-11,14-15,20H,12-13H2,1-9H3/b11-10-. The third-order valence-electron chi connectivity index (χ3n) is 4.76. The fourth-order valence-electron chi connectivity index (χ4n) is 3.09. The van der Waals surface area contributed by atoms with Gasteiger partial charge in [-0.3, -0.25) is 4.57 Å². The first-order valence-corrected chi connectivity index (χ1v) is 13.7. The zero-order chi connectivity index (χ0) is 30.3. The van der Waals surface area contributed by atoms with Gasteiger partial charge in [0.1, 0.15) is 17.5 Å². The van der Waals surface area contributed by atoms with Crippen molar-refractivity contribution in [1.29, 1.82) is 0 Å². The molecule has 0 saturated carbocycles. The van der Waals surface area contributed by atoms with Gasteiger partial charge in [-0.1, -0.05) is 12.2 Å². The summed E-state index contributed by atoms with van der Waals surface area (Å²) < 4.78 is 44.8. The van der Waals surface area contributed by atoms with Gasteiger partial charge in [-0.25, -0.2) is 29.3 Å². The second-order valence-corrected chi connectivity index (χ2v) is 12.4. The molecule has 0 fully saturated rings. The lowest BCUT2D eigenvalue weighted by atomic mass is 10.2. The number of aromatic nitrogens is 4. The maximum Gasteiger partial charge on any atom is 0.425 e. The number of hydrogen-bond donors (Lipinski definition) is 0. The van der Waals surface area contributed by atoms with Gasteiger partial charge >= 0.3 is 25.8 Å². The largest absolute Gasteiger partial charge is 0.467 e. The monoisotopic (exact) mass is 585 g/mol. The van der Waals surface area contributed by atoms with Gasteiger partial charge in [0.2, 0.25) is 0 Å². The molecule has 0 aliphatic heterocycles. The molecule has 222 valence electrons. The van der Waals surface area contributed by atoms with E-state index in [0.29, 0.717) is 10.5 Å². The van der Waals surface area contributed by atoms with Gasteiger partial charge < -0.3 is 32.6 Å². The second-order valence-electron chi connectivity index (χ2n) is 10.1. The molecule has 0 N–H and O–H groups in total. The molecule has 16 heteroatoms. The van der Waals surface area contributed by atoms with Crippen LogP contribution < -0.4 is 4.90 Å². The molecule has 0 aliphatic rings. The minimum absolute atomic E-state index is 0.115. The van der Waals surface area contributed by atoms with Crippen LogP contribution in [0.4, 0.5) is 15.4 Å². The van der Waals surface area contributed by atoms with E-state index in [-0.39, 0.29) is 24.5 Å². The normalized spacial score (nSPS) is 13.3. The summed E-state index contributed by atoms with van der Waals surface area (Å²) in [7, 11) is -0.509. The predicted octanol–water partition coefficient (Wildman–Crippen LogP) is 4.06. The van der Waals surface area contributed by atoms with Crippen molar-refractivity contribution in [3.63, 3.8) is 0 Å². The van der Waals surface area contributed by atoms with E-state index in [9.17, 15) is 18.9 Å². The van der Waals surface area contributed by atoms with E-state index in [2.05, 4.69) is 19.7 Å². The first-order valence-electron chi connectivity index (χ1n) is 12.0. The minimum atomic E-state index is -3.89. The fourth-order valence-corrected chi connectivity index (χ4v) is 4.25. The summed E-state index contributed by atoms with van der Waals surface area (Å²) in [6.07, 6.45) is 3.88. The third kappa shape index (κ3) is 8.55. The molecule has 2 aromatic rings. The number of allylic oxidation sites excluding steroid dienone is 1. The van der Waals surface area contributed by atoms with Gasteiger partial charge in [-0.2, -0.15) is 4.90 Å². The Kier molecular flexibility index (Phi) is 10.9. The number of nitrogens with zero attached hydrogens (tertiary/aromatic N) is 5. The lowest BCUT2D eigenvalue weighted by Gasteiger charge is -2.28. The van der Waals surface area contributed by atoms with Crippen LogP contribution in [0.3, 0.4) is 0 Å². The lowest BCUT2D eigenvalue weighted by Crippen LogP contribution is -2.44. The fraction of sp³-hybridized carbons (Fsp3) is 0.583. The summed E-state index contributed by atoms with van der Waals surface area (Å²) in [6.45, 7) is 10.1. The molecule has 15 nitrogen and oxygen atoms in total. The Morgan fingerprint density at radius 3 is 2.02 bits per heavy atom. The van der Waals surface area contributed by atoms with Crippen LogP contribution in [0.2, 0.25) is 0 Å². The lowest BCUT2D eigenvalue weighted by molar-refractivity contribution is -0.149. The number of anilines is 1. The van der Waals surface area contributed by atoms with E-state index in [4.69, 9.17) is 23.3 Å². The van der Waals surface area contributed by atoms with Crippen LogP contribution in [0, 0.1) is 0 Å². The molecule has 0 radical (unpaired) electrons. The minimum Gasteiger partial charge on any atom is -0.467 e. The molecule has 0 aliphatic carbocycles. The van der Waals surface area contributed by atoms with Gasteiger partial charge in [0.25, 0.3) is 5.85 Å². The SMILES string of the molecule is COC(=O)C(OC/C=C\Cn1cnc2c(N(C(=O)OC(C)(C)C)C(=O)OC(C)(C)C)ncnc21)P(=O)(OC)OC. The molecular formula is C24H36N5O10P. The average Bonchev–Trinajstić information content (AvgIpc) is 3.27. The first-order chi connectivity index (χ1) is 18.6. The van der Waals surface area contributed by atoms with Crippen LogP contribution in [-0.2, 0) is 43.9 Å². The maximum absolute atomic E-state index is 13.0. The van der Waals surface area contributed by atoms with Gasteiger partial charge in [-0.15, -0.1) is 0 Å². The number of rotatable bonds is 10. The summed E-state index contributed by atoms with van der Waals surface area (Å²) in [6, 6.07) is 0. The number of fused-ring (bicyclic) bond motifs is 1. The number of ether oxygens (including phenoxy) is 4. The summed E-state index contributed by atoms with van der Waals surface area (Å²) in [5, 5.41) is 0. The van der Waals surface area contributed by atoms with Crippen molar-refractivity contribution < 1.29 is 46.9 Å². The van der Waals surface area contributed by atoms with Crippen LogP contribution in [0.5, 0.6) is 0 Å². The number of hydrogen-bond acceptors (Lipinski definition) is 13. The Morgan fingerprint density at radius 1 is 0.950 bits per heavy atom. The van der Waals surface area contributed by atoms with E-state index < -0.39 is 42.8 Å². The molecule has 0 aromatic carbocycles. The van der Waals surface area contributed by atoms with Crippen molar-refractivity contribution in [3.05, 3.63) is 24.8 Å². The molecule has 0 bridgehead atoms. The Morgan fingerprint density at radius 2 is 1.52 bits per heavy atom. The summed E-state index contributed by atoms with van der Waals surface area (Å²) >= 11 is 0. The van der Waals surface area contributed by atoms with Crippen molar-refractivity contribution >= 4 is 42.7 Å². The predicted molar refractivity (Wildman–Crippen MR) is 143 cm³/mol. The molecule has 2 heterocycles. The van der Waals surface area contributed by atoms with Gasteiger partial charge in [-0.05, 0) is 41.5 Å². The van der Waals surface area contributed by atoms with Gasteiger partial charge in [0, 0.05) is 20.8 Å². The van der Waals surface area contributed by atoms with Crippen molar-refractivity contribution in [2.45, 2.75) is 65.1 Å². The van der Waals surface area contributed by atoms with E-state index in [1.54, 1.807) is 58.3 Å². The topological polar surface area (TPSA) is 170 Å². The Bertz CT molecular complexity index is 1250. The highest BCUT2D eigenvalue weighted by molar-refractivity contribution is 7.55. The number of carbonyl (C=O) groups is 3. The van der Waals surface area contributed by atoms with Crippen LogP contribution in [0.25, 0.3) is 11.2 Å². The third-order valence-corrected chi connectivity index (χ3v) is 6.72. The Hall–Kier alpha value is -3.39. The molecule has 2 amide bonds. The smallest absolute Gasteiger partial charge is 0.425 e. The maximum atomic E-state index is 13.0. The zero-order valence-corrected chi connectivity index (χ0v) is 25.0. The van der Waals surface area contributed by atoms with E-state index >= 15 is 0 Å². The Balaban J connectivity index is 2.30. The number of imide groups is 1. The number of esters is 1. The molecule has 0 spiro atoms. The van der Waals surface area contributed by atoms with E-state index in [0.717, 1.165) is 21.3 Å². The van der Waals surface area contributed by atoms with Crippen molar-refractivity contribution in [2.75, 3.05) is 32.8 Å². The molecular weight excluding hydrogens is 549 g/mol. The number of carbonyl (C=O) groups excluding carboxylic acids is 3. The number of methoxy groups -OCH3 is 1. The molecule has 0 saturated heterocycles. The molecule has 1 atom stereocenters. The molecule has 2 aromatic heterocycles. The van der Waals surface area contributed by atoms with Crippen molar-refractivity contribution in [1.82, 2.24) is 19.5 Å². The van der Waals surface area contributed by atoms with Crippen molar-refractivity contribution in [2.24, 2.45) is 0 Å².